The van der Waals surface area contributed by atoms with E-state index >= 15 is 0 Å². The molecule has 0 rings (SSSR count). The van der Waals surface area contributed by atoms with Gasteiger partial charge in [0, 0.05) is 0 Å². The van der Waals surface area contributed by atoms with E-state index in [-0.39, 0.29) is 12.6 Å². The molecule has 0 radical (unpaired) electrons. The number of carbonyl (C=O) groups is 4. The zero-order chi connectivity index (χ0) is 10.7. The van der Waals surface area contributed by atoms with Gasteiger partial charge in [-0.3, -0.25) is 24.5 Å². The van der Waals surface area contributed by atoms with Gasteiger partial charge in [-0.15, -0.1) is 0 Å². The summed E-state index contributed by atoms with van der Waals surface area (Å²) < 4.78 is 0. The van der Waals surface area contributed by atoms with Gasteiger partial charge in [0.2, 0.25) is 11.8 Å². The molecule has 0 heterocycles. The summed E-state index contributed by atoms with van der Waals surface area (Å²) in [6.45, 7) is 6.30. The molecule has 0 saturated heterocycles. The molecule has 0 aromatic heterocycles. The Hall–Kier alpha value is -2.04. The van der Waals surface area contributed by atoms with Crippen molar-refractivity contribution in [2.24, 2.45) is 0 Å². The van der Waals surface area contributed by atoms with Gasteiger partial charge in [0.15, 0.2) is 12.6 Å². The lowest BCUT2D eigenvalue weighted by molar-refractivity contribution is -0.125. The smallest absolute Gasteiger partial charge is 0.250 e. The Kier molecular flexibility index (Phi) is 10.4. The number of hydrogen-bond donors (Lipinski definition) is 1. The second-order valence-corrected chi connectivity index (χ2v) is 1.53. The first kappa shape index (κ1) is 13.5. The molecular weight excluding hydrogens is 174 g/mol. The third-order valence-electron chi connectivity index (χ3n) is 0.673. The van der Waals surface area contributed by atoms with Crippen LogP contribution in [-0.4, -0.2) is 24.4 Å². The van der Waals surface area contributed by atoms with Crippen molar-refractivity contribution < 1.29 is 19.2 Å². The summed E-state index contributed by atoms with van der Waals surface area (Å²) in [5.41, 5.74) is 0. The van der Waals surface area contributed by atoms with E-state index in [0.29, 0.717) is 0 Å². The maximum absolute atomic E-state index is 10.3. The highest BCUT2D eigenvalue weighted by Gasteiger charge is 1.96. The van der Waals surface area contributed by atoms with Crippen LogP contribution in [0.15, 0.2) is 25.3 Å². The molecule has 0 atom stereocenters. The fraction of sp³-hybridized carbons (Fsp3) is 0. The topological polar surface area (TPSA) is 80.3 Å². The van der Waals surface area contributed by atoms with Crippen molar-refractivity contribution >= 4 is 24.4 Å². The molecule has 0 aliphatic carbocycles. The van der Waals surface area contributed by atoms with E-state index < -0.39 is 11.8 Å². The van der Waals surface area contributed by atoms with Crippen LogP contribution < -0.4 is 5.32 Å². The molecule has 5 nitrogen and oxygen atoms in total. The van der Waals surface area contributed by atoms with Crippen molar-refractivity contribution in [3.8, 4) is 0 Å². The molecule has 0 spiro atoms. The second-order valence-electron chi connectivity index (χ2n) is 1.53. The van der Waals surface area contributed by atoms with Crippen LogP contribution in [0.25, 0.3) is 0 Å². The summed E-state index contributed by atoms with van der Waals surface area (Å²) in [4.78, 5) is 38.2. The Morgan fingerprint density at radius 2 is 1.23 bits per heavy atom. The molecule has 0 bridgehead atoms. The number of imide groups is 1. The predicted octanol–water partition coefficient (Wildman–Crippen LogP) is -0.615. The van der Waals surface area contributed by atoms with Crippen LogP contribution in [0.3, 0.4) is 0 Å². The van der Waals surface area contributed by atoms with Gasteiger partial charge in [-0.2, -0.15) is 0 Å². The predicted molar refractivity (Wildman–Crippen MR) is 45.7 cm³/mol. The monoisotopic (exact) mass is 183 g/mol. The lowest BCUT2D eigenvalue weighted by atomic mass is 10.5. The largest absolute Gasteiger partial charge is 0.295 e. The zero-order valence-electron chi connectivity index (χ0n) is 6.86. The third-order valence-corrected chi connectivity index (χ3v) is 0.673. The van der Waals surface area contributed by atoms with E-state index in [4.69, 9.17) is 9.59 Å². The van der Waals surface area contributed by atoms with E-state index in [2.05, 4.69) is 13.2 Å². The first-order valence-corrected chi connectivity index (χ1v) is 3.11. The Morgan fingerprint density at radius 1 is 0.923 bits per heavy atom. The highest BCUT2D eigenvalue weighted by atomic mass is 16.2. The first-order valence-electron chi connectivity index (χ1n) is 3.11. The molecule has 0 unspecified atom stereocenters. The van der Waals surface area contributed by atoms with Gasteiger partial charge in [0.1, 0.15) is 0 Å². The fourth-order valence-electron chi connectivity index (χ4n) is 0.223. The highest BCUT2D eigenvalue weighted by molar-refractivity contribution is 6.09. The van der Waals surface area contributed by atoms with Crippen molar-refractivity contribution in [3.05, 3.63) is 25.3 Å². The molecule has 0 aromatic rings. The lowest BCUT2D eigenvalue weighted by Gasteiger charge is -1.91. The molecule has 1 N–H and O–H groups in total. The lowest BCUT2D eigenvalue weighted by Crippen LogP contribution is -2.26. The van der Waals surface area contributed by atoms with Gasteiger partial charge in [-0.25, -0.2) is 0 Å². The SMILES string of the molecule is C=CC(=O)NC(=O)C=C.O=CC=O. The molecule has 0 aromatic carbocycles. The molecule has 70 valence electrons. The molecule has 2 amide bonds. The number of carbonyl (C=O) groups excluding carboxylic acids is 4. The third kappa shape index (κ3) is 13.0. The summed E-state index contributed by atoms with van der Waals surface area (Å²) in [5.74, 6) is -1.03. The Bertz CT molecular complexity index is 208. The minimum atomic E-state index is -0.514. The molecule has 0 aliphatic rings. The summed E-state index contributed by atoms with van der Waals surface area (Å²) >= 11 is 0. The standard InChI is InChI=1S/C6H7NO2.C2H2O2/c1-3-5(8)7-6(9)4-2;3-1-2-4/h3-4H,1-2H2,(H,7,8,9);1-2H. The molecule has 0 saturated carbocycles. The van der Waals surface area contributed by atoms with Crippen LogP contribution in [0, 0.1) is 0 Å². The molecule has 5 heteroatoms. The van der Waals surface area contributed by atoms with Gasteiger partial charge >= 0.3 is 0 Å². The molecular formula is C8H9NO4. The average Bonchev–Trinajstić information content (AvgIpc) is 2.17. The van der Waals surface area contributed by atoms with Crippen LogP contribution in [0.2, 0.25) is 0 Å². The quantitative estimate of drug-likeness (QED) is 0.359. The Labute approximate surface area is 75.1 Å². The van der Waals surface area contributed by atoms with E-state index in [1.807, 2.05) is 5.32 Å². The van der Waals surface area contributed by atoms with Crippen molar-refractivity contribution in [1.29, 1.82) is 0 Å². The second kappa shape index (κ2) is 9.96. The van der Waals surface area contributed by atoms with Gasteiger partial charge in [-0.1, -0.05) is 13.2 Å². The summed E-state index contributed by atoms with van der Waals surface area (Å²) in [6, 6.07) is 0. The van der Waals surface area contributed by atoms with Crippen molar-refractivity contribution in [3.63, 3.8) is 0 Å². The van der Waals surface area contributed by atoms with Gasteiger partial charge in [0.05, 0.1) is 0 Å². The van der Waals surface area contributed by atoms with Crippen LogP contribution >= 0.6 is 0 Å². The number of nitrogens with one attached hydrogen (secondary N) is 1. The van der Waals surface area contributed by atoms with Gasteiger partial charge in [-0.05, 0) is 12.2 Å². The summed E-state index contributed by atoms with van der Waals surface area (Å²) in [5, 5.41) is 1.97. The average molecular weight is 183 g/mol. The molecule has 0 fully saturated rings. The Balaban J connectivity index is 0. The summed E-state index contributed by atoms with van der Waals surface area (Å²) in [6.07, 6.45) is 2.42. The Morgan fingerprint density at radius 3 is 1.38 bits per heavy atom. The van der Waals surface area contributed by atoms with E-state index in [1.54, 1.807) is 0 Å². The summed E-state index contributed by atoms with van der Waals surface area (Å²) in [7, 11) is 0. The maximum atomic E-state index is 10.3. The van der Waals surface area contributed by atoms with E-state index in [1.165, 1.54) is 0 Å². The highest BCUT2D eigenvalue weighted by Crippen LogP contribution is 1.68. The van der Waals surface area contributed by atoms with Crippen LogP contribution in [-0.2, 0) is 19.2 Å². The number of hydrogen-bond acceptors (Lipinski definition) is 4. The fourth-order valence-corrected chi connectivity index (χ4v) is 0.223. The van der Waals surface area contributed by atoms with E-state index in [9.17, 15) is 9.59 Å². The van der Waals surface area contributed by atoms with Crippen molar-refractivity contribution in [1.82, 2.24) is 5.32 Å². The molecule has 13 heavy (non-hydrogen) atoms. The minimum Gasteiger partial charge on any atom is -0.295 e. The van der Waals surface area contributed by atoms with E-state index in [0.717, 1.165) is 12.2 Å². The normalized spacial score (nSPS) is 6.77. The van der Waals surface area contributed by atoms with Crippen molar-refractivity contribution in [2.75, 3.05) is 0 Å². The van der Waals surface area contributed by atoms with Crippen LogP contribution in [0.5, 0.6) is 0 Å². The zero-order valence-corrected chi connectivity index (χ0v) is 6.86. The number of aldehydes is 2. The minimum absolute atomic E-state index is 0.194. The first-order chi connectivity index (χ1) is 6.12. The van der Waals surface area contributed by atoms with Crippen LogP contribution in [0.1, 0.15) is 0 Å². The van der Waals surface area contributed by atoms with Crippen LogP contribution in [0.4, 0.5) is 0 Å². The number of rotatable bonds is 3. The molecule has 0 aliphatic heterocycles. The van der Waals surface area contributed by atoms with Gasteiger partial charge in [0.25, 0.3) is 0 Å². The number of amides is 2. The maximum Gasteiger partial charge on any atom is 0.250 e. The van der Waals surface area contributed by atoms with Crippen molar-refractivity contribution in [2.45, 2.75) is 0 Å². The van der Waals surface area contributed by atoms with Gasteiger partial charge < -0.3 is 0 Å².